The lowest BCUT2D eigenvalue weighted by atomic mass is 10.1. The molecular weight excluding hydrogens is 210 g/mol. The van der Waals surface area contributed by atoms with Crippen LogP contribution in [0.15, 0.2) is 54.6 Å². The van der Waals surface area contributed by atoms with Gasteiger partial charge in [0.1, 0.15) is 0 Å². The zero-order chi connectivity index (χ0) is 11.8. The zero-order valence-electron chi connectivity index (χ0n) is 9.18. The van der Waals surface area contributed by atoms with Gasteiger partial charge in [-0.3, -0.25) is 4.79 Å². The minimum absolute atomic E-state index is 0.382. The Labute approximate surface area is 99.0 Å². The van der Waals surface area contributed by atoms with Crippen molar-refractivity contribution in [3.05, 3.63) is 60.2 Å². The van der Waals surface area contributed by atoms with E-state index in [4.69, 9.17) is 5.73 Å². The molecule has 2 nitrogen and oxygen atoms in total. The van der Waals surface area contributed by atoms with Crippen molar-refractivity contribution in [1.82, 2.24) is 0 Å². The Morgan fingerprint density at radius 2 is 1.71 bits per heavy atom. The number of fused-ring (bicyclic) bond motifs is 3. The summed E-state index contributed by atoms with van der Waals surface area (Å²) in [6.45, 7) is 0. The van der Waals surface area contributed by atoms with Crippen LogP contribution in [-0.2, 0) is 0 Å². The molecule has 3 rings (SSSR count). The number of rotatable bonds is 1. The molecule has 2 aliphatic rings. The predicted octanol–water partition coefficient (Wildman–Crippen LogP) is 3.04. The molecule has 0 atom stereocenters. The summed E-state index contributed by atoms with van der Waals surface area (Å²) in [6, 6.07) is 17.9. The van der Waals surface area contributed by atoms with E-state index >= 15 is 0 Å². The first-order chi connectivity index (χ1) is 8.25. The van der Waals surface area contributed by atoms with Crippen LogP contribution in [0.25, 0.3) is 21.9 Å². The van der Waals surface area contributed by atoms with Crippen molar-refractivity contribution >= 4 is 16.7 Å². The minimum atomic E-state index is -0.382. The third-order valence-electron chi connectivity index (χ3n) is 3.01. The molecule has 2 N–H and O–H groups in total. The molecule has 0 bridgehead atoms. The topological polar surface area (TPSA) is 43.1 Å². The first kappa shape index (κ1) is 9.85. The number of hydrogen-bond acceptors (Lipinski definition) is 1. The molecular formula is C15H11NO. The number of nitrogens with two attached hydrogens (primary N) is 1. The normalized spacial score (nSPS) is 10.8. The van der Waals surface area contributed by atoms with Crippen LogP contribution in [0.2, 0.25) is 0 Å². The molecule has 82 valence electrons. The Kier molecular flexibility index (Phi) is 2.08. The highest BCUT2D eigenvalue weighted by Crippen LogP contribution is 2.31. The van der Waals surface area contributed by atoms with Crippen LogP contribution in [0, 0.1) is 0 Å². The van der Waals surface area contributed by atoms with E-state index in [1.807, 2.05) is 36.4 Å². The Balaban J connectivity index is 2.44. The third kappa shape index (κ3) is 1.54. The van der Waals surface area contributed by atoms with Gasteiger partial charge in [-0.15, -0.1) is 0 Å². The largest absolute Gasteiger partial charge is 0.366 e. The number of amides is 1. The van der Waals surface area contributed by atoms with Crippen molar-refractivity contribution in [1.29, 1.82) is 0 Å². The van der Waals surface area contributed by atoms with E-state index in [0.717, 1.165) is 21.9 Å². The molecule has 0 saturated heterocycles. The summed E-state index contributed by atoms with van der Waals surface area (Å²) in [5.41, 5.74) is 7.99. The molecule has 0 unspecified atom stereocenters. The highest BCUT2D eigenvalue weighted by molar-refractivity contribution is 6.03. The standard InChI is InChI=1S/C15H11NO/c16-15(17)12-8-11-6-3-5-10-4-1-2-7-13(10)14(11)9-12/h1-9H,(H2,16,17). The second-order valence-corrected chi connectivity index (χ2v) is 4.09. The van der Waals surface area contributed by atoms with Gasteiger partial charge in [0.15, 0.2) is 0 Å². The summed E-state index contributed by atoms with van der Waals surface area (Å²) < 4.78 is 0. The Morgan fingerprint density at radius 3 is 2.53 bits per heavy atom. The Bertz CT molecular complexity index is 688. The molecule has 2 heteroatoms. The van der Waals surface area contributed by atoms with E-state index in [1.54, 1.807) is 0 Å². The van der Waals surface area contributed by atoms with Crippen molar-refractivity contribution < 1.29 is 4.79 Å². The number of carbonyl (C=O) groups excluding carboxylic acids is 1. The maximum absolute atomic E-state index is 11.2. The van der Waals surface area contributed by atoms with E-state index in [1.165, 1.54) is 0 Å². The quantitative estimate of drug-likeness (QED) is 0.674. The second-order valence-electron chi connectivity index (χ2n) is 4.09. The average molecular weight is 221 g/mol. The van der Waals surface area contributed by atoms with Crippen molar-refractivity contribution in [3.8, 4) is 11.1 Å². The smallest absolute Gasteiger partial charge is 0.248 e. The molecule has 2 aliphatic carbocycles. The van der Waals surface area contributed by atoms with Crippen LogP contribution in [0.4, 0.5) is 0 Å². The number of carbonyl (C=O) groups is 1. The highest BCUT2D eigenvalue weighted by Gasteiger charge is 2.11. The van der Waals surface area contributed by atoms with Crippen LogP contribution in [-0.4, -0.2) is 5.91 Å². The molecule has 0 aliphatic heterocycles. The summed E-state index contributed by atoms with van der Waals surface area (Å²) in [6.07, 6.45) is 0. The predicted molar refractivity (Wildman–Crippen MR) is 69.1 cm³/mol. The van der Waals surface area contributed by atoms with Crippen molar-refractivity contribution in [3.63, 3.8) is 0 Å². The molecule has 17 heavy (non-hydrogen) atoms. The fourth-order valence-corrected chi connectivity index (χ4v) is 2.18. The molecule has 0 fully saturated rings. The van der Waals surface area contributed by atoms with Gasteiger partial charge < -0.3 is 5.73 Å². The van der Waals surface area contributed by atoms with Gasteiger partial charge in [0.25, 0.3) is 0 Å². The first-order valence-corrected chi connectivity index (χ1v) is 5.47. The average Bonchev–Trinajstić information content (AvgIpc) is 2.67. The summed E-state index contributed by atoms with van der Waals surface area (Å²) in [7, 11) is 0. The van der Waals surface area contributed by atoms with Crippen LogP contribution in [0.3, 0.4) is 0 Å². The number of benzene rings is 1. The van der Waals surface area contributed by atoms with Crippen LogP contribution in [0.5, 0.6) is 0 Å². The van der Waals surface area contributed by atoms with E-state index in [0.29, 0.717) is 5.56 Å². The molecule has 0 radical (unpaired) electrons. The van der Waals surface area contributed by atoms with Gasteiger partial charge in [-0.05, 0) is 34.0 Å². The second kappa shape index (κ2) is 3.59. The van der Waals surface area contributed by atoms with Crippen LogP contribution >= 0.6 is 0 Å². The van der Waals surface area contributed by atoms with Crippen LogP contribution in [0.1, 0.15) is 10.4 Å². The van der Waals surface area contributed by atoms with E-state index in [2.05, 4.69) is 18.2 Å². The van der Waals surface area contributed by atoms with Crippen molar-refractivity contribution in [2.45, 2.75) is 0 Å². The van der Waals surface area contributed by atoms with Gasteiger partial charge in [-0.2, -0.15) is 0 Å². The SMILES string of the molecule is NC(=O)c1cc2cccc3ccccc3c-2c1. The molecule has 0 heterocycles. The highest BCUT2D eigenvalue weighted by atomic mass is 16.1. The van der Waals surface area contributed by atoms with Gasteiger partial charge in [0.2, 0.25) is 5.91 Å². The minimum Gasteiger partial charge on any atom is -0.366 e. The first-order valence-electron chi connectivity index (χ1n) is 5.47. The Hall–Kier alpha value is -2.35. The lowest BCUT2D eigenvalue weighted by molar-refractivity contribution is 0.100. The Morgan fingerprint density at radius 1 is 0.941 bits per heavy atom. The fraction of sp³-hybridized carbons (Fsp3) is 0. The number of hydrogen-bond donors (Lipinski definition) is 1. The summed E-state index contributed by atoms with van der Waals surface area (Å²) in [5, 5.41) is 2.30. The lowest BCUT2D eigenvalue weighted by Gasteiger charge is -1.96. The number of primary amides is 1. The maximum Gasteiger partial charge on any atom is 0.248 e. The van der Waals surface area contributed by atoms with E-state index < -0.39 is 0 Å². The molecule has 0 aromatic heterocycles. The van der Waals surface area contributed by atoms with Gasteiger partial charge in [0.05, 0.1) is 0 Å². The fourth-order valence-electron chi connectivity index (χ4n) is 2.18. The van der Waals surface area contributed by atoms with Gasteiger partial charge in [-0.1, -0.05) is 42.5 Å². The maximum atomic E-state index is 11.2. The van der Waals surface area contributed by atoms with Crippen LogP contribution < -0.4 is 5.73 Å². The van der Waals surface area contributed by atoms with Gasteiger partial charge >= 0.3 is 0 Å². The summed E-state index contributed by atoms with van der Waals surface area (Å²) >= 11 is 0. The molecule has 0 spiro atoms. The molecule has 0 saturated carbocycles. The van der Waals surface area contributed by atoms with Gasteiger partial charge in [0, 0.05) is 5.56 Å². The monoisotopic (exact) mass is 221 g/mol. The van der Waals surface area contributed by atoms with Crippen molar-refractivity contribution in [2.75, 3.05) is 0 Å². The summed E-state index contributed by atoms with van der Waals surface area (Å²) in [5.74, 6) is -0.382. The molecule has 1 aromatic carbocycles. The third-order valence-corrected chi connectivity index (χ3v) is 3.01. The summed E-state index contributed by atoms with van der Waals surface area (Å²) in [4.78, 5) is 11.2. The zero-order valence-corrected chi connectivity index (χ0v) is 9.18. The van der Waals surface area contributed by atoms with Crippen molar-refractivity contribution in [2.24, 2.45) is 5.73 Å². The molecule has 1 aromatic rings. The van der Waals surface area contributed by atoms with E-state index in [-0.39, 0.29) is 5.91 Å². The van der Waals surface area contributed by atoms with Gasteiger partial charge in [-0.25, -0.2) is 0 Å². The van der Waals surface area contributed by atoms with E-state index in [9.17, 15) is 4.79 Å². The molecule has 1 amide bonds. The lowest BCUT2D eigenvalue weighted by Crippen LogP contribution is -2.08.